The van der Waals surface area contributed by atoms with Gasteiger partial charge >= 0.3 is 0 Å². The first kappa shape index (κ1) is 41.4. The molecular formula is C67H43N5S. The zero-order chi connectivity index (χ0) is 48.0. The van der Waals surface area contributed by atoms with Crippen molar-refractivity contribution in [2.75, 3.05) is 9.80 Å². The maximum atomic E-state index is 5.05. The quantitative estimate of drug-likeness (QED) is 0.149. The molecule has 3 heterocycles. The van der Waals surface area contributed by atoms with Crippen LogP contribution in [0.3, 0.4) is 0 Å². The van der Waals surface area contributed by atoms with Crippen molar-refractivity contribution in [1.29, 1.82) is 0 Å². The second-order valence-electron chi connectivity index (χ2n) is 19.0. The third kappa shape index (κ3) is 6.61. The summed E-state index contributed by atoms with van der Waals surface area (Å²) >= 11 is 1.26. The zero-order valence-electron chi connectivity index (χ0n) is 39.5. The molecule has 0 N–H and O–H groups in total. The number of nitrogens with zero attached hydrogens (tertiary/aromatic N) is 5. The van der Waals surface area contributed by atoms with Crippen molar-refractivity contribution in [3.05, 3.63) is 260 Å². The first-order valence-electron chi connectivity index (χ1n) is 24.9. The summed E-state index contributed by atoms with van der Waals surface area (Å²) in [6.07, 6.45) is 0.908. The first-order chi connectivity index (χ1) is 36.2. The van der Waals surface area contributed by atoms with Crippen LogP contribution in [0.25, 0.3) is 93.1 Å². The van der Waals surface area contributed by atoms with E-state index in [-0.39, 0.29) is 0 Å². The summed E-state index contributed by atoms with van der Waals surface area (Å²) in [5.74, 6) is 0. The Balaban J connectivity index is 0.860. The fourth-order valence-corrected chi connectivity index (χ4v) is 12.3. The molecule has 0 radical (unpaired) electrons. The Morgan fingerprint density at radius 2 is 1.01 bits per heavy atom. The van der Waals surface area contributed by atoms with E-state index < -0.39 is 0 Å². The average molecular weight is 950 g/mol. The van der Waals surface area contributed by atoms with Gasteiger partial charge in [0.2, 0.25) is 0 Å². The van der Waals surface area contributed by atoms with Gasteiger partial charge in [0.25, 0.3) is 0 Å². The Bertz CT molecular complexity index is 4450. The minimum Gasteiger partial charge on any atom is -0.310 e. The zero-order valence-corrected chi connectivity index (χ0v) is 40.3. The van der Waals surface area contributed by atoms with Crippen molar-refractivity contribution in [2.24, 2.45) is 0 Å². The Labute approximate surface area is 426 Å². The molecule has 5 nitrogen and oxygen atoms in total. The molecule has 1 aliphatic rings. The molecule has 0 unspecified atom stereocenters. The summed E-state index contributed by atoms with van der Waals surface area (Å²) in [6.45, 7) is 0. The molecule has 0 saturated carbocycles. The Hall–Kier alpha value is -9.36. The molecule has 6 heteroatoms. The van der Waals surface area contributed by atoms with Crippen molar-refractivity contribution in [3.8, 4) is 27.9 Å². The van der Waals surface area contributed by atoms with Gasteiger partial charge in [0.15, 0.2) is 0 Å². The topological polar surface area (TPSA) is 37.2 Å². The van der Waals surface area contributed by atoms with Crippen LogP contribution in [0, 0.1) is 0 Å². The van der Waals surface area contributed by atoms with Gasteiger partial charge in [0.05, 0.1) is 28.4 Å². The van der Waals surface area contributed by atoms with Gasteiger partial charge in [0, 0.05) is 62.3 Å². The minimum absolute atomic E-state index is 0.859. The molecule has 0 fully saturated rings. The lowest BCUT2D eigenvalue weighted by Crippen LogP contribution is -2.19. The number of anilines is 6. The predicted octanol–water partition coefficient (Wildman–Crippen LogP) is 18.4. The number of para-hydroxylation sites is 3. The van der Waals surface area contributed by atoms with Crippen molar-refractivity contribution >= 4 is 111 Å². The SMILES string of the molecule is c1ccc(N(c2cccc(N3c4ccccc4Cc4ccccc43)c2)c2ccc(-c3ccc(-n4c5ccc(-c6ccc7ccccc7c6)cc5c5c6ccccc6c6ccccc6c54)cc3)c3nsnc23)cc1. The summed E-state index contributed by atoms with van der Waals surface area (Å²) in [6, 6.07) is 90.7. The lowest BCUT2D eigenvalue weighted by Gasteiger charge is -2.34. The monoisotopic (exact) mass is 949 g/mol. The van der Waals surface area contributed by atoms with Gasteiger partial charge in [-0.3, -0.25) is 0 Å². The minimum atomic E-state index is 0.859. The van der Waals surface area contributed by atoms with Gasteiger partial charge in [-0.05, 0) is 140 Å². The van der Waals surface area contributed by atoms with Gasteiger partial charge < -0.3 is 14.4 Å². The van der Waals surface area contributed by atoms with E-state index in [1.165, 1.54) is 99.5 Å². The molecule has 12 aromatic carbocycles. The highest BCUT2D eigenvalue weighted by Gasteiger charge is 2.26. The average Bonchev–Trinajstić information content (AvgIpc) is 4.12. The predicted molar refractivity (Wildman–Crippen MR) is 307 cm³/mol. The second-order valence-corrected chi connectivity index (χ2v) is 19.6. The van der Waals surface area contributed by atoms with E-state index >= 15 is 0 Å². The Morgan fingerprint density at radius 1 is 0.397 bits per heavy atom. The molecule has 0 spiro atoms. The van der Waals surface area contributed by atoms with Gasteiger partial charge in [-0.25, -0.2) is 0 Å². The van der Waals surface area contributed by atoms with Crippen LogP contribution in [0.15, 0.2) is 249 Å². The largest absolute Gasteiger partial charge is 0.310 e. The molecule has 1 aliphatic heterocycles. The molecule has 342 valence electrons. The van der Waals surface area contributed by atoms with Crippen LogP contribution in [0.4, 0.5) is 34.1 Å². The van der Waals surface area contributed by atoms with Crippen LogP contribution in [0.1, 0.15) is 11.1 Å². The van der Waals surface area contributed by atoms with Gasteiger partial charge in [-0.15, -0.1) is 0 Å². The van der Waals surface area contributed by atoms with E-state index in [0.717, 1.165) is 57.0 Å². The van der Waals surface area contributed by atoms with E-state index in [1.54, 1.807) is 0 Å². The molecule has 0 amide bonds. The first-order valence-corrected chi connectivity index (χ1v) is 25.6. The highest BCUT2D eigenvalue weighted by molar-refractivity contribution is 7.00. The van der Waals surface area contributed by atoms with Gasteiger partial charge in [0.1, 0.15) is 11.0 Å². The standard InChI is InChI=1S/C67H43N5S/c1-2-19-50(20-3-1)70(52-21-14-22-53(42-52)71-60-27-12-6-17-48(60)40-49-18-7-13-28-61(49)71)63-38-36-54(65-66(63)69-73-68-65)44-31-34-51(35-32-44)72-62-37-33-47(46-30-29-43-15-4-5-16-45(43)39-46)41-59(62)64-57-25-10-8-23-55(57)56-24-9-11-26-58(56)67(64)72/h1-39,41-42H,40H2. The fourth-order valence-electron chi connectivity index (χ4n) is 11.7. The summed E-state index contributed by atoms with van der Waals surface area (Å²) in [5.41, 5.74) is 18.9. The number of hydrogen-bond acceptors (Lipinski definition) is 5. The van der Waals surface area contributed by atoms with Crippen molar-refractivity contribution < 1.29 is 0 Å². The van der Waals surface area contributed by atoms with Crippen molar-refractivity contribution in [2.45, 2.75) is 6.42 Å². The summed E-state index contributed by atoms with van der Waals surface area (Å²) < 4.78 is 12.5. The number of rotatable bonds is 7. The lowest BCUT2D eigenvalue weighted by atomic mass is 9.95. The Kier molecular flexibility index (Phi) is 9.44. The van der Waals surface area contributed by atoms with Crippen LogP contribution in [-0.2, 0) is 6.42 Å². The van der Waals surface area contributed by atoms with Crippen LogP contribution in [0.5, 0.6) is 0 Å². The number of aromatic nitrogens is 3. The maximum absolute atomic E-state index is 5.05. The van der Waals surface area contributed by atoms with E-state index in [9.17, 15) is 0 Å². The number of hydrogen-bond donors (Lipinski definition) is 0. The van der Waals surface area contributed by atoms with Crippen LogP contribution in [0.2, 0.25) is 0 Å². The maximum Gasteiger partial charge on any atom is 0.129 e. The number of benzene rings is 12. The molecular weight excluding hydrogens is 907 g/mol. The molecule has 73 heavy (non-hydrogen) atoms. The smallest absolute Gasteiger partial charge is 0.129 e. The highest BCUT2D eigenvalue weighted by Crippen LogP contribution is 2.48. The molecule has 0 atom stereocenters. The third-order valence-electron chi connectivity index (χ3n) is 15.0. The molecule has 0 saturated heterocycles. The molecule has 0 bridgehead atoms. The van der Waals surface area contributed by atoms with Gasteiger partial charge in [-0.1, -0.05) is 164 Å². The lowest BCUT2D eigenvalue weighted by molar-refractivity contribution is 1.09. The van der Waals surface area contributed by atoms with Crippen molar-refractivity contribution in [1.82, 2.24) is 13.3 Å². The molecule has 0 aliphatic carbocycles. The van der Waals surface area contributed by atoms with Crippen LogP contribution < -0.4 is 9.80 Å². The van der Waals surface area contributed by atoms with Crippen LogP contribution in [-0.4, -0.2) is 13.3 Å². The van der Waals surface area contributed by atoms with E-state index in [1.807, 2.05) is 0 Å². The van der Waals surface area contributed by atoms with Crippen LogP contribution >= 0.6 is 11.7 Å². The van der Waals surface area contributed by atoms with Crippen molar-refractivity contribution in [3.63, 3.8) is 0 Å². The third-order valence-corrected chi connectivity index (χ3v) is 15.5. The summed E-state index contributed by atoms with van der Waals surface area (Å²) in [4.78, 5) is 4.73. The highest BCUT2D eigenvalue weighted by atomic mass is 32.1. The Morgan fingerprint density at radius 3 is 1.81 bits per heavy atom. The molecule has 14 aromatic rings. The van der Waals surface area contributed by atoms with E-state index in [2.05, 4.69) is 263 Å². The van der Waals surface area contributed by atoms with E-state index in [4.69, 9.17) is 8.75 Å². The molecule has 15 rings (SSSR count). The van der Waals surface area contributed by atoms with E-state index in [0.29, 0.717) is 0 Å². The normalized spacial score (nSPS) is 12.3. The number of fused-ring (bicyclic) bond motifs is 12. The second kappa shape index (κ2) is 16.6. The fraction of sp³-hybridized carbons (Fsp3) is 0.0149. The summed E-state index contributed by atoms with van der Waals surface area (Å²) in [5, 5.41) is 9.98. The summed E-state index contributed by atoms with van der Waals surface area (Å²) in [7, 11) is 0. The van der Waals surface area contributed by atoms with Gasteiger partial charge in [-0.2, -0.15) is 8.75 Å². The molecule has 2 aromatic heterocycles.